The fourth-order valence-electron chi connectivity index (χ4n) is 13.4. The molecule has 3 aromatic heterocycles. The molecule has 17 rings (SSSR count). The number of hydrogen-bond acceptors (Lipinski definition) is 0. The van der Waals surface area contributed by atoms with Crippen LogP contribution in [0.2, 0.25) is 0 Å². The maximum absolute atomic E-state index is 2.69. The normalized spacial score (nSPS) is 13.7. The summed E-state index contributed by atoms with van der Waals surface area (Å²) < 4.78 is 7.89. The summed E-state index contributed by atoms with van der Waals surface area (Å²) in [7, 11) is 0. The van der Waals surface area contributed by atoms with E-state index in [1.54, 1.807) is 0 Å². The van der Waals surface area contributed by atoms with Gasteiger partial charge in [0.2, 0.25) is 0 Å². The van der Waals surface area contributed by atoms with E-state index in [9.17, 15) is 0 Å². The fraction of sp³-hybridized carbons (Fsp3) is 0. The molecule has 0 saturated heterocycles. The molecule has 0 N–H and O–H groups in total. The molecule has 70 heavy (non-hydrogen) atoms. The van der Waals surface area contributed by atoms with Crippen LogP contribution in [-0.4, -0.2) is 20.4 Å². The Hall–Kier alpha value is -9.12. The highest BCUT2D eigenvalue weighted by molar-refractivity contribution is 7.03. The van der Waals surface area contributed by atoms with Gasteiger partial charge in [0.1, 0.15) is 0 Å². The molecule has 0 spiro atoms. The third-order valence-corrected chi connectivity index (χ3v) is 16.1. The summed E-state index contributed by atoms with van der Waals surface area (Å²) >= 11 is 0. The zero-order valence-electron chi connectivity index (χ0n) is 37.9. The second kappa shape index (κ2) is 13.3. The van der Waals surface area contributed by atoms with Gasteiger partial charge in [0.25, 0.3) is 6.71 Å². The Morgan fingerprint density at radius 1 is 0.329 bits per heavy atom. The molecule has 0 saturated carbocycles. The van der Waals surface area contributed by atoms with Crippen LogP contribution in [0.4, 0.5) is 0 Å². The smallest absolute Gasteiger partial charge is 0.252 e. The van der Waals surface area contributed by atoms with Crippen LogP contribution in [0.1, 0.15) is 11.3 Å². The van der Waals surface area contributed by atoms with E-state index < -0.39 is 0 Å². The van der Waals surface area contributed by atoms with Crippen molar-refractivity contribution in [3.05, 3.63) is 236 Å². The molecule has 4 heteroatoms. The van der Waals surface area contributed by atoms with E-state index in [2.05, 4.69) is 244 Å². The van der Waals surface area contributed by atoms with Crippen molar-refractivity contribution >= 4 is 138 Å². The van der Waals surface area contributed by atoms with E-state index in [-0.39, 0.29) is 6.71 Å². The molecule has 15 aromatic rings. The van der Waals surface area contributed by atoms with E-state index in [0.29, 0.717) is 0 Å². The molecule has 2 aliphatic rings. The van der Waals surface area contributed by atoms with Crippen molar-refractivity contribution in [1.29, 1.82) is 0 Å². The second-order valence-electron chi connectivity index (χ2n) is 19.5. The molecular weight excluding hydrogens is 846 g/mol. The Labute approximate surface area is 402 Å². The van der Waals surface area contributed by atoms with Gasteiger partial charge in [-0.15, -0.1) is 0 Å². The zero-order valence-corrected chi connectivity index (χ0v) is 37.9. The first kappa shape index (κ1) is 36.9. The van der Waals surface area contributed by atoms with Gasteiger partial charge in [-0.05, 0) is 118 Å². The molecule has 2 aliphatic heterocycles. The average molecular weight is 884 g/mol. The largest absolute Gasteiger partial charge is 0.311 e. The maximum Gasteiger partial charge on any atom is 0.252 e. The predicted molar refractivity (Wildman–Crippen MR) is 299 cm³/mol. The first-order chi connectivity index (χ1) is 34.8. The third-order valence-electron chi connectivity index (χ3n) is 16.1. The van der Waals surface area contributed by atoms with E-state index in [4.69, 9.17) is 0 Å². The zero-order chi connectivity index (χ0) is 45.3. The van der Waals surface area contributed by atoms with Crippen LogP contribution in [0.3, 0.4) is 0 Å². The Kier molecular flexibility index (Phi) is 7.03. The van der Waals surface area contributed by atoms with Crippen LogP contribution in [0.25, 0.3) is 137 Å². The van der Waals surface area contributed by atoms with Crippen molar-refractivity contribution in [2.24, 2.45) is 0 Å². The molecule has 0 atom stereocenters. The van der Waals surface area contributed by atoms with Crippen molar-refractivity contribution in [3.8, 4) is 17.1 Å². The molecular formula is C66H38BN3. The van der Waals surface area contributed by atoms with Gasteiger partial charge in [0, 0.05) is 38.3 Å². The third kappa shape index (κ3) is 4.61. The molecule has 0 aliphatic carbocycles. The first-order valence-corrected chi connectivity index (χ1v) is 24.5. The Bertz CT molecular complexity index is 4800. The molecule has 5 heterocycles. The van der Waals surface area contributed by atoms with E-state index in [1.807, 2.05) is 0 Å². The fourth-order valence-corrected chi connectivity index (χ4v) is 13.4. The van der Waals surface area contributed by atoms with Gasteiger partial charge in [-0.1, -0.05) is 188 Å². The van der Waals surface area contributed by atoms with Crippen molar-refractivity contribution in [1.82, 2.24) is 13.7 Å². The average Bonchev–Trinajstić information content (AvgIpc) is 4.11. The van der Waals surface area contributed by atoms with Crippen LogP contribution in [0.5, 0.6) is 0 Å². The van der Waals surface area contributed by atoms with E-state index in [0.717, 1.165) is 0 Å². The van der Waals surface area contributed by atoms with Crippen LogP contribution < -0.4 is 10.9 Å². The second-order valence-corrected chi connectivity index (χ2v) is 19.5. The lowest BCUT2D eigenvalue weighted by Crippen LogP contribution is -2.53. The summed E-state index contributed by atoms with van der Waals surface area (Å²) in [4.78, 5) is 0. The van der Waals surface area contributed by atoms with Crippen LogP contribution >= 0.6 is 0 Å². The summed E-state index contributed by atoms with van der Waals surface area (Å²) in [6.07, 6.45) is 2.49. The minimum Gasteiger partial charge on any atom is -0.311 e. The van der Waals surface area contributed by atoms with E-state index >= 15 is 0 Å². The summed E-state index contributed by atoms with van der Waals surface area (Å²) in [5.74, 6) is 0. The number of nitrogens with zero attached hydrogens (tertiary/aromatic N) is 3. The molecule has 0 radical (unpaired) electrons. The topological polar surface area (TPSA) is 14.8 Å². The van der Waals surface area contributed by atoms with Crippen molar-refractivity contribution in [3.63, 3.8) is 0 Å². The molecule has 3 nitrogen and oxygen atoms in total. The maximum atomic E-state index is 2.69. The Morgan fingerprint density at radius 3 is 1.41 bits per heavy atom. The highest BCUT2D eigenvalue weighted by atomic mass is 15.1. The van der Waals surface area contributed by atoms with Gasteiger partial charge in [-0.3, -0.25) is 0 Å². The van der Waals surface area contributed by atoms with Crippen molar-refractivity contribution < 1.29 is 0 Å². The molecule has 0 fully saturated rings. The number of aromatic nitrogens is 3. The highest BCUT2D eigenvalue weighted by Gasteiger charge is 2.44. The van der Waals surface area contributed by atoms with E-state index in [1.165, 1.54) is 153 Å². The number of rotatable bonds is 2. The molecule has 0 unspecified atom stereocenters. The van der Waals surface area contributed by atoms with Gasteiger partial charge in [-0.2, -0.15) is 0 Å². The number of fused-ring (bicyclic) bond motifs is 22. The van der Waals surface area contributed by atoms with Gasteiger partial charge >= 0.3 is 0 Å². The van der Waals surface area contributed by atoms with Gasteiger partial charge in [0.05, 0.1) is 39.0 Å². The molecule has 12 aromatic carbocycles. The lowest BCUT2D eigenvalue weighted by Gasteiger charge is -2.36. The monoisotopic (exact) mass is 883 g/mol. The summed E-state index contributed by atoms with van der Waals surface area (Å²) in [6.45, 7) is -0.0989. The molecule has 0 bridgehead atoms. The van der Waals surface area contributed by atoms with Gasteiger partial charge in [-0.25, -0.2) is 0 Å². The van der Waals surface area contributed by atoms with Gasteiger partial charge in [0.15, 0.2) is 0 Å². The highest BCUT2D eigenvalue weighted by Crippen LogP contribution is 2.49. The quantitative estimate of drug-likeness (QED) is 0.154. The summed E-state index contributed by atoms with van der Waals surface area (Å²) in [5.41, 5.74) is 16.1. The SMILES string of the molecule is C(=C1\B2c3c(ccc(-n4c5ccc6ccccc6c5c5c6ccccc6ccc54)c3-n3c4ccc5ccccc5c4c4c5ccccc5cc2c43)-n2c1cc1c3ccccc3ccc12)/c1ccccc1. The standard InChI is InChI=1S/C66H38BN3/c1-2-14-39(15-3-1)36-51-59-38-50-45-21-9-4-16-40(45)26-30-53(50)68(59)57-34-35-58(69-54-31-27-41-17-5-10-22-46(41)60(54)61-47-23-11-6-18-42(47)28-32-55(61)69)66-64(57)67(51)52-37-44-20-8-13-25-49(44)63-62-48-24-12-7-19-43(48)29-33-56(62)70(66)65(52)63/h1-38H/b51-36+. The van der Waals surface area contributed by atoms with Crippen LogP contribution in [-0.2, 0) is 0 Å². The molecule has 0 amide bonds. The predicted octanol–water partition coefficient (Wildman–Crippen LogP) is 15.6. The minimum absolute atomic E-state index is 0.0989. The Balaban J connectivity index is 1.14. The lowest BCUT2D eigenvalue weighted by atomic mass is 9.33. The Morgan fingerprint density at radius 2 is 0.800 bits per heavy atom. The lowest BCUT2D eigenvalue weighted by molar-refractivity contribution is 1.06. The number of benzene rings is 12. The summed E-state index contributed by atoms with van der Waals surface area (Å²) in [6, 6.07) is 84.5. The summed E-state index contributed by atoms with van der Waals surface area (Å²) in [5, 5.41) is 19.1. The van der Waals surface area contributed by atoms with Crippen LogP contribution in [0, 0.1) is 0 Å². The van der Waals surface area contributed by atoms with Gasteiger partial charge < -0.3 is 13.7 Å². The number of hydrogen-bond donors (Lipinski definition) is 0. The molecule has 320 valence electrons. The van der Waals surface area contributed by atoms with Crippen molar-refractivity contribution in [2.45, 2.75) is 0 Å². The first-order valence-electron chi connectivity index (χ1n) is 24.5. The van der Waals surface area contributed by atoms with Crippen LogP contribution in [0.15, 0.2) is 224 Å². The van der Waals surface area contributed by atoms with Crippen molar-refractivity contribution in [2.75, 3.05) is 0 Å². The minimum atomic E-state index is -0.0989.